The Hall–Kier alpha value is -5.26. The van der Waals surface area contributed by atoms with Crippen LogP contribution in [0.3, 0.4) is 0 Å². The molecule has 49 heavy (non-hydrogen) atoms. The summed E-state index contributed by atoms with van der Waals surface area (Å²) in [6, 6.07) is 0.0670. The molecule has 0 aliphatic carbocycles. The molecular formula is C31H46N8O10. The summed E-state index contributed by atoms with van der Waals surface area (Å²) in [6.07, 6.45) is -0.481. The number of carbonyl (C=O) groups is 7. The number of carboxylic acids is 2. The van der Waals surface area contributed by atoms with Gasteiger partial charge in [-0.25, -0.2) is 4.79 Å². The molecule has 1 heterocycles. The van der Waals surface area contributed by atoms with Crippen LogP contribution in [0.15, 0.2) is 29.3 Å². The Morgan fingerprint density at radius 1 is 0.980 bits per heavy atom. The Balaban J connectivity index is 2.20. The number of nitrogens with zero attached hydrogens (tertiary/aromatic N) is 2. The summed E-state index contributed by atoms with van der Waals surface area (Å²) in [7, 11) is 0. The highest BCUT2D eigenvalue weighted by Crippen LogP contribution is 2.24. The van der Waals surface area contributed by atoms with Crippen molar-refractivity contribution in [1.82, 2.24) is 20.9 Å². The first kappa shape index (κ1) is 39.9. The maximum Gasteiger partial charge on any atom is 0.326 e. The van der Waals surface area contributed by atoms with E-state index in [1.165, 1.54) is 24.3 Å². The first-order valence-corrected chi connectivity index (χ1v) is 15.7. The van der Waals surface area contributed by atoms with E-state index in [2.05, 4.69) is 20.9 Å². The van der Waals surface area contributed by atoms with E-state index in [0.717, 1.165) is 11.8 Å². The highest BCUT2D eigenvalue weighted by molar-refractivity contribution is 6.10. The lowest BCUT2D eigenvalue weighted by molar-refractivity contribution is -0.148. The van der Waals surface area contributed by atoms with Gasteiger partial charge in [-0.3, -0.25) is 33.8 Å². The summed E-state index contributed by atoms with van der Waals surface area (Å²) in [6.45, 7) is 4.45. The fraction of sp³-hybridized carbons (Fsp3) is 0.548. The number of guanidine groups is 1. The number of hydrogen-bond acceptors (Lipinski definition) is 10. The van der Waals surface area contributed by atoms with E-state index in [0.29, 0.717) is 12.0 Å². The van der Waals surface area contributed by atoms with Gasteiger partial charge >= 0.3 is 11.9 Å². The number of nitrogens with one attached hydrogen (secondary N) is 3. The average Bonchev–Trinajstić information content (AvgIpc) is 3.51. The van der Waals surface area contributed by atoms with Crippen LogP contribution in [0.1, 0.15) is 58.4 Å². The summed E-state index contributed by atoms with van der Waals surface area (Å²) in [4.78, 5) is 94.7. The Kier molecular flexibility index (Phi) is 14.5. The van der Waals surface area contributed by atoms with Gasteiger partial charge in [0.1, 0.15) is 29.9 Å². The third kappa shape index (κ3) is 11.4. The van der Waals surface area contributed by atoms with Crippen LogP contribution in [0.2, 0.25) is 0 Å². The second-order valence-corrected chi connectivity index (χ2v) is 12.3. The zero-order valence-corrected chi connectivity index (χ0v) is 27.7. The van der Waals surface area contributed by atoms with Crippen molar-refractivity contribution in [3.63, 3.8) is 0 Å². The third-order valence-electron chi connectivity index (χ3n) is 8.10. The van der Waals surface area contributed by atoms with Crippen molar-refractivity contribution in [2.75, 3.05) is 13.1 Å². The normalized spacial score (nSPS) is 17.2. The number of aliphatic imine (C=N–C) groups is 1. The minimum absolute atomic E-state index is 0.0305. The lowest BCUT2D eigenvalue weighted by Crippen LogP contribution is -2.63. The van der Waals surface area contributed by atoms with E-state index in [1.54, 1.807) is 13.8 Å². The molecule has 0 bridgehead atoms. The van der Waals surface area contributed by atoms with Crippen molar-refractivity contribution < 1.29 is 48.9 Å². The number of likely N-dealkylation sites (tertiary alicyclic amines) is 1. The molecule has 18 heteroatoms. The molecule has 18 nitrogen and oxygen atoms in total. The smallest absolute Gasteiger partial charge is 0.326 e. The fourth-order valence-corrected chi connectivity index (χ4v) is 5.31. The Labute approximate surface area is 282 Å². The summed E-state index contributed by atoms with van der Waals surface area (Å²) in [5, 5.41) is 35.9. The number of phenolic OH excluding ortho intramolecular Hbond substituents is 1. The number of ketones is 1. The molecule has 270 valence electrons. The Morgan fingerprint density at radius 2 is 1.61 bits per heavy atom. The van der Waals surface area contributed by atoms with Gasteiger partial charge in [-0.2, -0.15) is 0 Å². The fourth-order valence-electron chi connectivity index (χ4n) is 5.31. The van der Waals surface area contributed by atoms with Gasteiger partial charge in [0.25, 0.3) is 5.91 Å². The maximum absolute atomic E-state index is 13.6. The van der Waals surface area contributed by atoms with Gasteiger partial charge in [0.15, 0.2) is 17.3 Å². The molecule has 1 aromatic carbocycles. The van der Waals surface area contributed by atoms with Crippen LogP contribution in [0.25, 0.3) is 0 Å². The van der Waals surface area contributed by atoms with Crippen molar-refractivity contribution >= 4 is 47.3 Å². The second-order valence-electron chi connectivity index (χ2n) is 12.3. The maximum atomic E-state index is 13.6. The lowest BCUT2D eigenvalue weighted by atomic mass is 9.88. The van der Waals surface area contributed by atoms with Crippen LogP contribution in [0, 0.1) is 5.92 Å². The summed E-state index contributed by atoms with van der Waals surface area (Å²) in [5.74, 6) is -7.88. The predicted octanol–water partition coefficient (Wildman–Crippen LogP) is -2.06. The Bertz CT molecular complexity index is 1430. The molecule has 1 aliphatic rings. The van der Waals surface area contributed by atoms with E-state index in [-0.39, 0.29) is 50.5 Å². The van der Waals surface area contributed by atoms with Gasteiger partial charge in [-0.15, -0.1) is 0 Å². The second kappa shape index (κ2) is 17.8. The van der Waals surface area contributed by atoms with Crippen molar-refractivity contribution in [3.05, 3.63) is 29.8 Å². The molecule has 0 saturated carbocycles. The van der Waals surface area contributed by atoms with Gasteiger partial charge in [-0.05, 0) is 56.2 Å². The molecule has 2 rings (SSSR count). The van der Waals surface area contributed by atoms with Crippen molar-refractivity contribution in [2.24, 2.45) is 28.1 Å². The molecule has 1 aliphatic heterocycles. The zero-order valence-electron chi connectivity index (χ0n) is 27.7. The van der Waals surface area contributed by atoms with Gasteiger partial charge in [0.05, 0.1) is 6.42 Å². The third-order valence-corrected chi connectivity index (χ3v) is 8.10. The standard InChI is InChI=1S/C31H46N8O10/c1-16(2)24(27(46)37-21(28(47)48)14-18-7-9-19(41)10-8-18)38-25(44)20(15-23(42)43)36-26(45)22-6-4-13-39(22)29(49)31(34,17(3)40)11-5-12-35-30(32)33/h7-10,16,20-22,24,41H,4-6,11-15,34H2,1-3H3,(H,36,45)(H,37,46)(H,38,44)(H,42,43)(H,47,48)(H4,32,33,35)/t20-,21-,22-,24-,31+/m0/s1. The molecule has 1 saturated heterocycles. The van der Waals surface area contributed by atoms with Gasteiger partial charge in [-0.1, -0.05) is 26.0 Å². The van der Waals surface area contributed by atoms with Gasteiger partial charge < -0.3 is 53.4 Å². The van der Waals surface area contributed by atoms with Crippen molar-refractivity contribution in [2.45, 2.75) is 89.0 Å². The van der Waals surface area contributed by atoms with E-state index in [9.17, 15) is 48.9 Å². The highest BCUT2D eigenvalue weighted by atomic mass is 16.4. The van der Waals surface area contributed by atoms with E-state index >= 15 is 0 Å². The number of carbonyl (C=O) groups excluding carboxylic acids is 5. The van der Waals surface area contributed by atoms with Crippen LogP contribution >= 0.6 is 0 Å². The largest absolute Gasteiger partial charge is 0.508 e. The molecule has 1 aromatic rings. The van der Waals surface area contributed by atoms with Gasteiger partial charge in [0, 0.05) is 19.5 Å². The topological polar surface area (TPSA) is 310 Å². The zero-order chi connectivity index (χ0) is 37.1. The molecular weight excluding hydrogens is 644 g/mol. The SMILES string of the molecule is CC(=O)[C@](N)(CCCN=C(N)N)C(=O)N1CCC[C@H]1C(=O)N[C@@H](CC(=O)O)C(=O)N[C@H](C(=O)N[C@@H](Cc1ccc(O)cc1)C(=O)O)C(C)C. The number of Topliss-reactive ketones (excluding diaryl/α,β-unsaturated/α-hetero) is 1. The molecule has 0 spiro atoms. The van der Waals surface area contributed by atoms with Crippen molar-refractivity contribution in [1.29, 1.82) is 0 Å². The van der Waals surface area contributed by atoms with Crippen LogP contribution in [0.5, 0.6) is 5.75 Å². The van der Waals surface area contributed by atoms with Crippen LogP contribution in [0.4, 0.5) is 0 Å². The first-order chi connectivity index (χ1) is 22.9. The van der Waals surface area contributed by atoms with E-state index in [1.807, 2.05) is 0 Å². The minimum atomic E-state index is -1.99. The number of phenols is 1. The number of amides is 4. The summed E-state index contributed by atoms with van der Waals surface area (Å²) < 4.78 is 0. The summed E-state index contributed by atoms with van der Waals surface area (Å²) >= 11 is 0. The van der Waals surface area contributed by atoms with Gasteiger partial charge in [0.2, 0.25) is 17.7 Å². The van der Waals surface area contributed by atoms with Crippen LogP contribution in [-0.4, -0.2) is 110 Å². The molecule has 4 amide bonds. The van der Waals surface area contributed by atoms with E-state index in [4.69, 9.17) is 17.2 Å². The van der Waals surface area contributed by atoms with Crippen LogP contribution in [-0.2, 0) is 40.0 Å². The number of rotatable bonds is 18. The predicted molar refractivity (Wildman–Crippen MR) is 175 cm³/mol. The summed E-state index contributed by atoms with van der Waals surface area (Å²) in [5.41, 5.74) is 15.4. The number of nitrogens with two attached hydrogens (primary N) is 3. The molecule has 5 atom stereocenters. The molecule has 0 unspecified atom stereocenters. The molecule has 1 fully saturated rings. The minimum Gasteiger partial charge on any atom is -0.508 e. The lowest BCUT2D eigenvalue weighted by Gasteiger charge is -2.34. The quantitative estimate of drug-likeness (QED) is 0.0347. The number of hydrogen-bond donors (Lipinski definition) is 9. The molecule has 12 N–H and O–H groups in total. The molecule has 0 radical (unpaired) electrons. The van der Waals surface area contributed by atoms with E-state index < -0.39 is 83.4 Å². The number of aliphatic carboxylic acids is 2. The number of carboxylic acid groups (broad SMARTS) is 2. The monoisotopic (exact) mass is 690 g/mol. The van der Waals surface area contributed by atoms with Crippen LogP contribution < -0.4 is 33.2 Å². The number of benzene rings is 1. The highest BCUT2D eigenvalue weighted by Gasteiger charge is 2.46. The molecule has 0 aromatic heterocycles. The average molecular weight is 691 g/mol. The van der Waals surface area contributed by atoms with Crippen molar-refractivity contribution in [3.8, 4) is 5.75 Å². The Morgan fingerprint density at radius 3 is 2.14 bits per heavy atom. The first-order valence-electron chi connectivity index (χ1n) is 15.7. The number of aromatic hydroxyl groups is 1.